The minimum absolute atomic E-state index is 0.277. The molecule has 1 saturated carbocycles. The minimum Gasteiger partial charge on any atom is -0.329 e. The number of hydrogen-bond acceptors (Lipinski definition) is 2. The Kier molecular flexibility index (Phi) is 8.26. The molecular weight excluding hydrogens is 256 g/mol. The molecule has 0 aromatic rings. The first kappa shape index (κ1) is 19.0. The zero-order chi connectivity index (χ0) is 15.9. The van der Waals surface area contributed by atoms with E-state index in [4.69, 9.17) is 5.73 Å². The molecule has 0 aromatic heterocycles. The van der Waals surface area contributed by atoms with E-state index in [0.29, 0.717) is 6.04 Å². The van der Waals surface area contributed by atoms with Gasteiger partial charge < -0.3 is 5.73 Å². The molecule has 0 aromatic carbocycles. The number of rotatable bonds is 9. The molecule has 0 aliphatic heterocycles. The van der Waals surface area contributed by atoms with Gasteiger partial charge in [0.25, 0.3) is 0 Å². The Labute approximate surface area is 133 Å². The third-order valence-corrected chi connectivity index (χ3v) is 5.34. The van der Waals surface area contributed by atoms with Crippen LogP contribution in [-0.2, 0) is 0 Å². The van der Waals surface area contributed by atoms with E-state index in [2.05, 4.69) is 39.5 Å². The van der Waals surface area contributed by atoms with Crippen molar-refractivity contribution in [3.05, 3.63) is 0 Å². The second kappa shape index (κ2) is 9.15. The molecule has 1 aliphatic rings. The van der Waals surface area contributed by atoms with Gasteiger partial charge in [-0.15, -0.1) is 0 Å². The van der Waals surface area contributed by atoms with Gasteiger partial charge >= 0.3 is 0 Å². The lowest BCUT2D eigenvalue weighted by Gasteiger charge is -2.50. The van der Waals surface area contributed by atoms with Crippen molar-refractivity contribution in [3.8, 4) is 0 Å². The zero-order valence-electron chi connectivity index (χ0n) is 15.3. The second-order valence-corrected chi connectivity index (χ2v) is 8.01. The molecule has 2 N–H and O–H groups in total. The highest BCUT2D eigenvalue weighted by atomic mass is 15.2. The van der Waals surface area contributed by atoms with Crippen molar-refractivity contribution in [2.45, 2.75) is 97.6 Å². The number of hydrogen-bond donors (Lipinski definition) is 1. The molecular formula is C19H40N2. The largest absolute Gasteiger partial charge is 0.329 e. The van der Waals surface area contributed by atoms with Crippen molar-refractivity contribution in [1.82, 2.24) is 4.90 Å². The third-order valence-electron chi connectivity index (χ3n) is 5.34. The molecule has 1 aliphatic carbocycles. The molecule has 0 saturated heterocycles. The van der Waals surface area contributed by atoms with E-state index >= 15 is 0 Å². The van der Waals surface area contributed by atoms with E-state index in [1.165, 1.54) is 57.9 Å². The van der Waals surface area contributed by atoms with Gasteiger partial charge in [-0.2, -0.15) is 0 Å². The van der Waals surface area contributed by atoms with Gasteiger partial charge in [0.05, 0.1) is 0 Å². The Morgan fingerprint density at radius 1 is 1.19 bits per heavy atom. The quantitative estimate of drug-likeness (QED) is 0.618. The summed E-state index contributed by atoms with van der Waals surface area (Å²) in [4.78, 5) is 2.76. The van der Waals surface area contributed by atoms with Gasteiger partial charge in [0.1, 0.15) is 0 Å². The van der Waals surface area contributed by atoms with Crippen LogP contribution in [-0.4, -0.2) is 29.6 Å². The van der Waals surface area contributed by atoms with Gasteiger partial charge in [-0.3, -0.25) is 4.90 Å². The summed E-state index contributed by atoms with van der Waals surface area (Å²) in [5.74, 6) is 1.70. The third kappa shape index (κ3) is 5.56. The summed E-state index contributed by atoms with van der Waals surface area (Å²) in [5.41, 5.74) is 6.61. The molecule has 126 valence electrons. The van der Waals surface area contributed by atoms with Crippen LogP contribution >= 0.6 is 0 Å². The van der Waals surface area contributed by atoms with E-state index in [9.17, 15) is 0 Å². The van der Waals surface area contributed by atoms with Crippen molar-refractivity contribution in [2.24, 2.45) is 17.6 Å². The Morgan fingerprint density at radius 3 is 2.43 bits per heavy atom. The maximum atomic E-state index is 6.33. The normalized spacial score (nSPS) is 27.0. The maximum Gasteiger partial charge on any atom is 0.0337 e. The Morgan fingerprint density at radius 2 is 1.90 bits per heavy atom. The number of nitrogens with two attached hydrogens (primary N) is 1. The fourth-order valence-corrected chi connectivity index (χ4v) is 4.47. The molecule has 2 unspecified atom stereocenters. The first-order valence-electron chi connectivity index (χ1n) is 9.42. The molecule has 1 rings (SSSR count). The van der Waals surface area contributed by atoms with Crippen LogP contribution in [0, 0.1) is 11.8 Å². The first-order chi connectivity index (χ1) is 9.95. The average Bonchev–Trinajstić information content (AvgIpc) is 2.42. The number of nitrogens with zero attached hydrogens (tertiary/aromatic N) is 1. The van der Waals surface area contributed by atoms with Crippen molar-refractivity contribution in [1.29, 1.82) is 0 Å². The van der Waals surface area contributed by atoms with Gasteiger partial charge in [0, 0.05) is 18.1 Å². The van der Waals surface area contributed by atoms with Gasteiger partial charge in [0.2, 0.25) is 0 Å². The highest BCUT2D eigenvalue weighted by Crippen LogP contribution is 2.40. The van der Waals surface area contributed by atoms with Crippen LogP contribution in [0.4, 0.5) is 0 Å². The summed E-state index contributed by atoms with van der Waals surface area (Å²) < 4.78 is 0. The van der Waals surface area contributed by atoms with Gasteiger partial charge in [0.15, 0.2) is 0 Å². The fraction of sp³-hybridized carbons (Fsp3) is 1.00. The summed E-state index contributed by atoms with van der Waals surface area (Å²) >= 11 is 0. The topological polar surface area (TPSA) is 29.3 Å². The maximum absolute atomic E-state index is 6.33. The molecule has 2 atom stereocenters. The second-order valence-electron chi connectivity index (χ2n) is 8.01. The minimum atomic E-state index is 0.277. The highest BCUT2D eigenvalue weighted by Gasteiger charge is 2.40. The van der Waals surface area contributed by atoms with E-state index in [1.54, 1.807) is 0 Å². The Bertz CT molecular complexity index is 275. The Hall–Kier alpha value is -0.0800. The molecule has 0 bridgehead atoms. The van der Waals surface area contributed by atoms with Gasteiger partial charge in [-0.25, -0.2) is 0 Å². The molecule has 0 spiro atoms. The van der Waals surface area contributed by atoms with Crippen LogP contribution in [0.1, 0.15) is 86.0 Å². The summed E-state index contributed by atoms with van der Waals surface area (Å²) in [5, 5.41) is 0. The Balaban J connectivity index is 2.77. The molecule has 0 radical (unpaired) electrons. The predicted octanol–water partition coefficient (Wildman–Crippen LogP) is 4.82. The summed E-state index contributed by atoms with van der Waals surface area (Å²) in [7, 11) is 0. The molecule has 2 heteroatoms. The first-order valence-corrected chi connectivity index (χ1v) is 9.42. The molecule has 2 nitrogen and oxygen atoms in total. The molecule has 21 heavy (non-hydrogen) atoms. The van der Waals surface area contributed by atoms with Crippen molar-refractivity contribution in [2.75, 3.05) is 13.1 Å². The lowest BCUT2D eigenvalue weighted by Crippen LogP contribution is -2.59. The average molecular weight is 297 g/mol. The van der Waals surface area contributed by atoms with Crippen LogP contribution in [0.2, 0.25) is 0 Å². The van der Waals surface area contributed by atoms with Crippen LogP contribution in [0.3, 0.4) is 0 Å². The van der Waals surface area contributed by atoms with E-state index < -0.39 is 0 Å². The smallest absolute Gasteiger partial charge is 0.0337 e. The number of unbranched alkanes of at least 4 members (excludes halogenated alkanes) is 2. The summed E-state index contributed by atoms with van der Waals surface area (Å²) in [6.07, 6.45) is 10.8. The molecule has 0 amide bonds. The molecule has 1 fully saturated rings. The van der Waals surface area contributed by atoms with Crippen LogP contribution in [0.5, 0.6) is 0 Å². The van der Waals surface area contributed by atoms with E-state index in [-0.39, 0.29) is 5.54 Å². The zero-order valence-corrected chi connectivity index (χ0v) is 15.3. The van der Waals surface area contributed by atoms with Gasteiger partial charge in [-0.05, 0) is 57.9 Å². The lowest BCUT2D eigenvalue weighted by molar-refractivity contribution is 0.00725. The van der Waals surface area contributed by atoms with Crippen LogP contribution < -0.4 is 5.73 Å². The fourth-order valence-electron chi connectivity index (χ4n) is 4.47. The van der Waals surface area contributed by atoms with E-state index in [0.717, 1.165) is 18.4 Å². The standard InChI is InChI=1S/C19H40N2/c1-6-7-8-12-21(17(4)5)19(15-20)11-9-10-18(14-19)13-16(2)3/h16-18H,6-15,20H2,1-5H3. The summed E-state index contributed by atoms with van der Waals surface area (Å²) in [6, 6.07) is 0.614. The predicted molar refractivity (Wildman–Crippen MR) is 94.6 cm³/mol. The van der Waals surface area contributed by atoms with E-state index in [1.807, 2.05) is 0 Å². The lowest BCUT2D eigenvalue weighted by atomic mass is 9.71. The van der Waals surface area contributed by atoms with Crippen LogP contribution in [0.15, 0.2) is 0 Å². The van der Waals surface area contributed by atoms with Gasteiger partial charge in [-0.1, -0.05) is 46.5 Å². The van der Waals surface area contributed by atoms with Crippen molar-refractivity contribution in [3.63, 3.8) is 0 Å². The monoisotopic (exact) mass is 296 g/mol. The molecule has 0 heterocycles. The van der Waals surface area contributed by atoms with Crippen molar-refractivity contribution < 1.29 is 0 Å². The van der Waals surface area contributed by atoms with Crippen LogP contribution in [0.25, 0.3) is 0 Å². The highest BCUT2D eigenvalue weighted by molar-refractivity contribution is 4.98. The summed E-state index contributed by atoms with van der Waals surface area (Å²) in [6.45, 7) is 13.8. The van der Waals surface area contributed by atoms with Crippen molar-refractivity contribution >= 4 is 0 Å². The SMILES string of the molecule is CCCCCN(C(C)C)C1(CN)CCCC(CC(C)C)C1.